The molecule has 0 saturated heterocycles. The Morgan fingerprint density at radius 2 is 1.97 bits per heavy atom. The monoisotopic (exact) mass is 471 g/mol. The molecule has 1 saturated carbocycles. The third-order valence-electron chi connectivity index (χ3n) is 5.85. The van der Waals surface area contributed by atoms with E-state index in [4.69, 9.17) is 16.3 Å². The fourth-order valence-electron chi connectivity index (χ4n) is 4.04. The highest BCUT2D eigenvalue weighted by Gasteiger charge is 2.21. The van der Waals surface area contributed by atoms with E-state index < -0.39 is 0 Å². The van der Waals surface area contributed by atoms with Crippen molar-refractivity contribution in [3.8, 4) is 11.4 Å². The van der Waals surface area contributed by atoms with Crippen LogP contribution >= 0.6 is 23.4 Å². The summed E-state index contributed by atoms with van der Waals surface area (Å²) in [5.74, 6) is 1.38. The van der Waals surface area contributed by atoms with E-state index in [2.05, 4.69) is 17.2 Å². The molecule has 1 aromatic heterocycles. The molecule has 1 fully saturated rings. The van der Waals surface area contributed by atoms with Gasteiger partial charge in [0.1, 0.15) is 5.75 Å². The molecular formula is C24H26ClN3O3S. The van der Waals surface area contributed by atoms with E-state index in [1.807, 2.05) is 12.1 Å². The second-order valence-corrected chi connectivity index (χ2v) is 9.53. The molecule has 6 nitrogen and oxygen atoms in total. The van der Waals surface area contributed by atoms with Crippen molar-refractivity contribution in [2.24, 2.45) is 5.92 Å². The number of thioether (sulfide) groups is 1. The summed E-state index contributed by atoms with van der Waals surface area (Å²) in [6, 6.07) is 12.6. The van der Waals surface area contributed by atoms with Crippen LogP contribution in [0.2, 0.25) is 5.02 Å². The van der Waals surface area contributed by atoms with Gasteiger partial charge in [-0.1, -0.05) is 42.4 Å². The van der Waals surface area contributed by atoms with Crippen LogP contribution in [0, 0.1) is 5.92 Å². The molecule has 168 valence electrons. The zero-order valence-corrected chi connectivity index (χ0v) is 19.7. The maximum absolute atomic E-state index is 13.3. The molecule has 0 aliphatic heterocycles. The minimum absolute atomic E-state index is 0.0451. The number of para-hydroxylation sites is 1. The van der Waals surface area contributed by atoms with Crippen LogP contribution in [0.1, 0.15) is 32.6 Å². The van der Waals surface area contributed by atoms with Gasteiger partial charge >= 0.3 is 0 Å². The van der Waals surface area contributed by atoms with E-state index in [9.17, 15) is 9.59 Å². The first-order chi connectivity index (χ1) is 15.5. The first-order valence-corrected chi connectivity index (χ1v) is 12.1. The Bertz CT molecular complexity index is 1190. The summed E-state index contributed by atoms with van der Waals surface area (Å²) >= 11 is 7.57. The zero-order chi connectivity index (χ0) is 22.7. The number of amides is 1. The minimum atomic E-state index is -0.207. The summed E-state index contributed by atoms with van der Waals surface area (Å²) in [5, 5.41) is 4.48. The second kappa shape index (κ2) is 9.96. The number of ether oxygens (including phenoxy) is 1. The van der Waals surface area contributed by atoms with E-state index in [-0.39, 0.29) is 23.3 Å². The van der Waals surface area contributed by atoms with Gasteiger partial charge in [0.05, 0.1) is 34.5 Å². The Morgan fingerprint density at radius 3 is 2.69 bits per heavy atom. The Balaban J connectivity index is 1.63. The van der Waals surface area contributed by atoms with Gasteiger partial charge in [-0.25, -0.2) is 4.98 Å². The molecule has 0 bridgehead atoms. The molecule has 4 rings (SSSR count). The Kier molecular flexibility index (Phi) is 7.06. The molecule has 2 aromatic carbocycles. The van der Waals surface area contributed by atoms with Gasteiger partial charge in [0, 0.05) is 6.04 Å². The normalized spacial score (nSPS) is 18.5. The average molecular weight is 472 g/mol. The molecule has 0 radical (unpaired) electrons. The molecular weight excluding hydrogens is 446 g/mol. The van der Waals surface area contributed by atoms with Crippen molar-refractivity contribution >= 4 is 40.2 Å². The van der Waals surface area contributed by atoms with E-state index >= 15 is 0 Å². The summed E-state index contributed by atoms with van der Waals surface area (Å²) < 4.78 is 6.74. The van der Waals surface area contributed by atoms with E-state index in [0.717, 1.165) is 31.6 Å². The van der Waals surface area contributed by atoms with Crippen LogP contribution in [-0.4, -0.2) is 34.4 Å². The number of aromatic nitrogens is 2. The number of rotatable bonds is 6. The third-order valence-corrected chi connectivity index (χ3v) is 7.09. The molecule has 1 aliphatic rings. The number of nitrogens with zero attached hydrogens (tertiary/aromatic N) is 2. The maximum atomic E-state index is 13.3. The van der Waals surface area contributed by atoms with Crippen molar-refractivity contribution in [2.45, 2.75) is 43.8 Å². The van der Waals surface area contributed by atoms with Crippen LogP contribution in [0.5, 0.6) is 5.75 Å². The summed E-state index contributed by atoms with van der Waals surface area (Å²) in [7, 11) is 1.54. The zero-order valence-electron chi connectivity index (χ0n) is 18.1. The highest BCUT2D eigenvalue weighted by Crippen LogP contribution is 2.29. The number of hydrogen-bond donors (Lipinski definition) is 1. The lowest BCUT2D eigenvalue weighted by Crippen LogP contribution is -2.38. The molecule has 3 aromatic rings. The summed E-state index contributed by atoms with van der Waals surface area (Å²) in [6.07, 6.45) is 4.31. The molecule has 0 atom stereocenters. The largest absolute Gasteiger partial charge is 0.495 e. The highest BCUT2D eigenvalue weighted by atomic mass is 35.5. The molecule has 0 unspecified atom stereocenters. The van der Waals surface area contributed by atoms with Gasteiger partial charge in [0.2, 0.25) is 5.91 Å². The first-order valence-electron chi connectivity index (χ1n) is 10.7. The van der Waals surface area contributed by atoms with Gasteiger partial charge in [-0.05, 0) is 61.9 Å². The number of carbonyl (C=O) groups is 1. The number of carbonyl (C=O) groups excluding carboxylic acids is 1. The van der Waals surface area contributed by atoms with Crippen LogP contribution in [0.4, 0.5) is 0 Å². The molecule has 8 heteroatoms. The predicted octanol–water partition coefficient (Wildman–Crippen LogP) is 4.83. The number of methoxy groups -OCH3 is 1. The maximum Gasteiger partial charge on any atom is 0.266 e. The SMILES string of the molecule is COc1ccc(-n2c(SCC(=O)NC3CCC(C)CC3)nc3ccccc3c2=O)cc1Cl. The first kappa shape index (κ1) is 22.7. The fourth-order valence-corrected chi connectivity index (χ4v) is 5.11. The van der Waals surface area contributed by atoms with Crippen molar-refractivity contribution in [2.75, 3.05) is 12.9 Å². The van der Waals surface area contributed by atoms with Crippen molar-refractivity contribution in [1.29, 1.82) is 0 Å². The lowest BCUT2D eigenvalue weighted by molar-refractivity contribution is -0.119. The fraction of sp³-hybridized carbons (Fsp3) is 0.375. The molecule has 1 N–H and O–H groups in total. The summed E-state index contributed by atoms with van der Waals surface area (Å²) in [5.41, 5.74) is 0.960. The highest BCUT2D eigenvalue weighted by molar-refractivity contribution is 7.99. The van der Waals surface area contributed by atoms with Gasteiger partial charge in [-0.2, -0.15) is 0 Å². The van der Waals surface area contributed by atoms with Crippen molar-refractivity contribution < 1.29 is 9.53 Å². The lowest BCUT2D eigenvalue weighted by Gasteiger charge is -2.26. The minimum Gasteiger partial charge on any atom is -0.495 e. The molecule has 1 amide bonds. The number of fused-ring (bicyclic) bond motifs is 1. The van der Waals surface area contributed by atoms with Crippen molar-refractivity contribution in [3.63, 3.8) is 0 Å². The van der Waals surface area contributed by atoms with Crippen molar-refractivity contribution in [1.82, 2.24) is 14.9 Å². The summed E-state index contributed by atoms with van der Waals surface area (Å²) in [6.45, 7) is 2.25. The molecule has 1 aliphatic carbocycles. The average Bonchev–Trinajstić information content (AvgIpc) is 2.79. The molecule has 1 heterocycles. The van der Waals surface area contributed by atoms with Gasteiger partial charge in [0.15, 0.2) is 5.16 Å². The topological polar surface area (TPSA) is 73.2 Å². The van der Waals surface area contributed by atoms with Crippen LogP contribution < -0.4 is 15.6 Å². The van der Waals surface area contributed by atoms with E-state index in [1.54, 1.807) is 30.3 Å². The van der Waals surface area contributed by atoms with Crippen molar-refractivity contribution in [3.05, 3.63) is 57.8 Å². The second-order valence-electron chi connectivity index (χ2n) is 8.18. The smallest absolute Gasteiger partial charge is 0.266 e. The van der Waals surface area contributed by atoms with Gasteiger partial charge in [0.25, 0.3) is 5.56 Å². The van der Waals surface area contributed by atoms with Gasteiger partial charge in [-0.15, -0.1) is 0 Å². The van der Waals surface area contributed by atoms with Crippen LogP contribution in [0.25, 0.3) is 16.6 Å². The number of benzene rings is 2. The third kappa shape index (κ3) is 4.94. The van der Waals surface area contributed by atoms with E-state index in [1.165, 1.54) is 23.4 Å². The molecule has 32 heavy (non-hydrogen) atoms. The van der Waals surface area contributed by atoms with Crippen LogP contribution in [0.15, 0.2) is 52.4 Å². The predicted molar refractivity (Wildman–Crippen MR) is 129 cm³/mol. The Labute approximate surface area is 196 Å². The van der Waals surface area contributed by atoms with Crippen LogP contribution in [-0.2, 0) is 4.79 Å². The van der Waals surface area contributed by atoms with E-state index in [0.29, 0.717) is 32.5 Å². The quantitative estimate of drug-likeness (QED) is 0.411. The Hall–Kier alpha value is -2.51. The number of halogens is 1. The summed E-state index contributed by atoms with van der Waals surface area (Å²) in [4.78, 5) is 30.6. The number of nitrogens with one attached hydrogen (secondary N) is 1. The molecule has 0 spiro atoms. The van der Waals surface area contributed by atoms with Crippen LogP contribution in [0.3, 0.4) is 0 Å². The standard InChI is InChI=1S/C24H26ClN3O3S/c1-15-7-9-16(10-8-15)26-22(29)14-32-24-27-20-6-4-3-5-18(20)23(30)28(24)17-11-12-21(31-2)19(25)13-17/h3-6,11-13,15-16H,7-10,14H2,1-2H3,(H,26,29). The lowest BCUT2D eigenvalue weighted by atomic mass is 9.87. The number of hydrogen-bond acceptors (Lipinski definition) is 5. The Morgan fingerprint density at radius 1 is 1.22 bits per heavy atom. The van der Waals surface area contributed by atoms with Gasteiger partial charge < -0.3 is 10.1 Å². The van der Waals surface area contributed by atoms with Gasteiger partial charge in [-0.3, -0.25) is 14.2 Å².